The van der Waals surface area contributed by atoms with E-state index < -0.39 is 11.8 Å². The molecule has 2 aromatic rings. The van der Waals surface area contributed by atoms with Crippen LogP contribution in [0.3, 0.4) is 0 Å². The van der Waals surface area contributed by atoms with Crippen molar-refractivity contribution in [3.8, 4) is 0 Å². The van der Waals surface area contributed by atoms with Crippen molar-refractivity contribution < 1.29 is 9.59 Å². The van der Waals surface area contributed by atoms with E-state index in [2.05, 4.69) is 35.4 Å². The fraction of sp³-hybridized carbons (Fsp3) is 0.333. The van der Waals surface area contributed by atoms with Gasteiger partial charge in [0, 0.05) is 17.6 Å². The van der Waals surface area contributed by atoms with Gasteiger partial charge in [-0.3, -0.25) is 9.59 Å². The van der Waals surface area contributed by atoms with Gasteiger partial charge >= 0.3 is 11.8 Å². The number of carbonyl (C=O) groups is 2. The number of likely N-dealkylation sites (tertiary alicyclic amines) is 1. The third kappa shape index (κ3) is 6.53. The molecule has 1 aliphatic heterocycles. The number of hydrogen-bond acceptors (Lipinski definition) is 6. The van der Waals surface area contributed by atoms with E-state index in [4.69, 9.17) is 5.73 Å². The SMILES string of the molecule is C=C/C=c1/ncsc1=C.Cc1cc(NC(=O)C(=O)N2CCCC(C)C2)cnc1N. The second-order valence-corrected chi connectivity index (χ2v) is 7.88. The van der Waals surface area contributed by atoms with E-state index in [9.17, 15) is 9.59 Å². The number of nitrogens with two attached hydrogens (primary N) is 1. The molecule has 3 heterocycles. The summed E-state index contributed by atoms with van der Waals surface area (Å²) >= 11 is 1.54. The molecule has 29 heavy (non-hydrogen) atoms. The number of nitrogens with one attached hydrogen (secondary N) is 1. The summed E-state index contributed by atoms with van der Waals surface area (Å²) in [5.41, 5.74) is 8.64. The lowest BCUT2D eigenvalue weighted by Gasteiger charge is -2.30. The number of allylic oxidation sites excluding steroid dienone is 1. The lowest BCUT2D eigenvalue weighted by Crippen LogP contribution is -2.44. The van der Waals surface area contributed by atoms with Crippen LogP contribution in [-0.4, -0.2) is 39.8 Å². The lowest BCUT2D eigenvalue weighted by molar-refractivity contribution is -0.144. The Morgan fingerprint density at radius 3 is 2.76 bits per heavy atom. The van der Waals surface area contributed by atoms with Gasteiger partial charge in [0.15, 0.2) is 0 Å². The first kappa shape index (κ1) is 22.3. The summed E-state index contributed by atoms with van der Waals surface area (Å²) in [4.78, 5) is 33.6. The average molecular weight is 414 g/mol. The van der Waals surface area contributed by atoms with Crippen molar-refractivity contribution in [3.05, 3.63) is 45.9 Å². The fourth-order valence-corrected chi connectivity index (χ4v) is 3.42. The molecule has 3 N–H and O–H groups in total. The zero-order chi connectivity index (χ0) is 21.4. The molecule has 1 saturated heterocycles. The molecule has 0 saturated carbocycles. The molecule has 1 unspecified atom stereocenters. The van der Waals surface area contributed by atoms with Crippen molar-refractivity contribution >= 4 is 47.3 Å². The molecule has 3 rings (SSSR count). The lowest BCUT2D eigenvalue weighted by atomic mass is 10.0. The Morgan fingerprint density at radius 1 is 1.41 bits per heavy atom. The van der Waals surface area contributed by atoms with Gasteiger partial charge in [0.05, 0.1) is 22.7 Å². The Balaban J connectivity index is 0.000000278. The van der Waals surface area contributed by atoms with Crippen LogP contribution >= 0.6 is 11.3 Å². The third-order valence-corrected chi connectivity index (χ3v) is 5.17. The van der Waals surface area contributed by atoms with E-state index in [-0.39, 0.29) is 0 Å². The van der Waals surface area contributed by atoms with Crippen molar-refractivity contribution in [2.45, 2.75) is 26.7 Å². The molecule has 154 valence electrons. The molecule has 0 bridgehead atoms. The third-order valence-electron chi connectivity index (χ3n) is 4.46. The number of aromatic nitrogens is 2. The molecule has 2 amide bonds. The topological polar surface area (TPSA) is 101 Å². The average Bonchev–Trinajstić information content (AvgIpc) is 3.10. The van der Waals surface area contributed by atoms with Gasteiger partial charge in [-0.25, -0.2) is 9.97 Å². The predicted molar refractivity (Wildman–Crippen MR) is 119 cm³/mol. The molecule has 0 radical (unpaired) electrons. The summed E-state index contributed by atoms with van der Waals surface area (Å²) < 4.78 is 0.995. The van der Waals surface area contributed by atoms with Gasteiger partial charge < -0.3 is 16.0 Å². The van der Waals surface area contributed by atoms with Crippen molar-refractivity contribution in [2.75, 3.05) is 24.1 Å². The van der Waals surface area contributed by atoms with Gasteiger partial charge in [-0.15, -0.1) is 11.3 Å². The highest BCUT2D eigenvalue weighted by Gasteiger charge is 2.26. The largest absolute Gasteiger partial charge is 0.383 e. The summed E-state index contributed by atoms with van der Waals surface area (Å²) in [5, 5.41) is 3.50. The molecule has 2 aromatic heterocycles. The number of thiazole rings is 1. The van der Waals surface area contributed by atoms with Crippen LogP contribution in [0.15, 0.2) is 30.4 Å². The number of amides is 2. The smallest absolute Gasteiger partial charge is 0.313 e. The molecule has 1 aliphatic rings. The van der Waals surface area contributed by atoms with Crippen LogP contribution < -0.4 is 20.9 Å². The second-order valence-electron chi connectivity index (χ2n) is 6.94. The molecule has 0 aromatic carbocycles. The van der Waals surface area contributed by atoms with Crippen LogP contribution in [0.1, 0.15) is 25.3 Å². The summed E-state index contributed by atoms with van der Waals surface area (Å²) in [6.07, 6.45) is 7.06. The number of nitrogen functional groups attached to an aromatic ring is 1. The first-order valence-electron chi connectivity index (χ1n) is 9.35. The van der Waals surface area contributed by atoms with Crippen molar-refractivity contribution in [1.82, 2.24) is 14.9 Å². The number of nitrogens with zero attached hydrogens (tertiary/aromatic N) is 3. The maximum atomic E-state index is 12.1. The molecule has 8 heteroatoms. The van der Waals surface area contributed by atoms with Gasteiger partial charge in [0.2, 0.25) is 0 Å². The van der Waals surface area contributed by atoms with Crippen molar-refractivity contribution in [1.29, 1.82) is 0 Å². The number of hydrogen-bond donors (Lipinski definition) is 2. The molecular formula is C21H27N5O2S. The minimum absolute atomic E-state index is 0.416. The number of aryl methyl sites for hydroxylation is 1. The van der Waals surface area contributed by atoms with Crippen molar-refractivity contribution in [2.24, 2.45) is 5.92 Å². The van der Waals surface area contributed by atoms with Crippen LogP contribution in [0.25, 0.3) is 12.7 Å². The monoisotopic (exact) mass is 413 g/mol. The molecule has 0 aliphatic carbocycles. The standard InChI is InChI=1S/C14H20N4O2.C7H7NS/c1-9-4-3-5-18(8-9)14(20)13(19)17-11-6-10(2)12(15)16-7-11;1-3-4-7-6(2)9-5-8-7/h6-7,9H,3-5,8H2,1-2H3,(H2,15,16)(H,17,19);3-5H,1-2H2/b;7-4+. The Hall–Kier alpha value is -3.00. The molecule has 1 fully saturated rings. The van der Waals surface area contributed by atoms with Gasteiger partial charge in [-0.2, -0.15) is 0 Å². The minimum atomic E-state index is -0.620. The maximum Gasteiger partial charge on any atom is 0.313 e. The Labute approximate surface area is 174 Å². The summed E-state index contributed by atoms with van der Waals surface area (Å²) in [6, 6.07) is 1.70. The van der Waals surface area contributed by atoms with Crippen LogP contribution in [0.2, 0.25) is 0 Å². The van der Waals surface area contributed by atoms with Gasteiger partial charge in [0.25, 0.3) is 0 Å². The van der Waals surface area contributed by atoms with E-state index in [0.717, 1.165) is 28.3 Å². The van der Waals surface area contributed by atoms with E-state index in [1.165, 1.54) is 6.20 Å². The van der Waals surface area contributed by atoms with E-state index in [0.29, 0.717) is 30.5 Å². The summed E-state index contributed by atoms with van der Waals surface area (Å²) in [6.45, 7) is 12.5. The van der Waals surface area contributed by atoms with Crippen LogP contribution in [0.4, 0.5) is 11.5 Å². The number of rotatable bonds is 2. The van der Waals surface area contributed by atoms with E-state index >= 15 is 0 Å². The van der Waals surface area contributed by atoms with E-state index in [1.807, 2.05) is 6.08 Å². The van der Waals surface area contributed by atoms with Crippen molar-refractivity contribution in [3.63, 3.8) is 0 Å². The van der Waals surface area contributed by atoms with Gasteiger partial charge in [-0.1, -0.05) is 26.2 Å². The quantitative estimate of drug-likeness (QED) is 0.730. The van der Waals surface area contributed by atoms with E-state index in [1.54, 1.807) is 40.8 Å². The number of carbonyl (C=O) groups excluding carboxylic acids is 2. The number of piperidine rings is 1. The first-order valence-corrected chi connectivity index (χ1v) is 10.2. The highest BCUT2D eigenvalue weighted by atomic mass is 32.1. The normalized spacial score (nSPS) is 16.6. The Morgan fingerprint density at radius 2 is 2.17 bits per heavy atom. The second kappa shape index (κ2) is 10.5. The van der Waals surface area contributed by atoms with Crippen LogP contribution in [0, 0.1) is 12.8 Å². The number of pyridine rings is 1. The Bertz CT molecular complexity index is 985. The fourth-order valence-electron chi connectivity index (χ4n) is 2.88. The van der Waals surface area contributed by atoms with Crippen LogP contribution in [-0.2, 0) is 9.59 Å². The summed E-state index contributed by atoms with van der Waals surface area (Å²) in [7, 11) is 0. The molecular weight excluding hydrogens is 386 g/mol. The van der Waals surface area contributed by atoms with Gasteiger partial charge in [0.1, 0.15) is 5.82 Å². The zero-order valence-electron chi connectivity index (χ0n) is 16.9. The first-order chi connectivity index (χ1) is 13.8. The minimum Gasteiger partial charge on any atom is -0.383 e. The molecule has 0 spiro atoms. The number of anilines is 2. The molecule has 7 nitrogen and oxygen atoms in total. The van der Waals surface area contributed by atoms with Gasteiger partial charge in [-0.05, 0) is 43.4 Å². The predicted octanol–water partition coefficient (Wildman–Crippen LogP) is 1.69. The summed E-state index contributed by atoms with van der Waals surface area (Å²) in [5.74, 6) is -0.240. The van der Waals surface area contributed by atoms with Crippen LogP contribution in [0.5, 0.6) is 0 Å². The highest BCUT2D eigenvalue weighted by molar-refractivity contribution is 7.07. The Kier molecular flexibility index (Phi) is 8.09. The molecule has 1 atom stereocenters. The highest BCUT2D eigenvalue weighted by Crippen LogP contribution is 2.17. The zero-order valence-corrected chi connectivity index (χ0v) is 17.7. The maximum absolute atomic E-state index is 12.1.